The van der Waals surface area contributed by atoms with Crippen LogP contribution in [0.2, 0.25) is 0 Å². The van der Waals surface area contributed by atoms with Gasteiger partial charge in [-0.2, -0.15) is 0 Å². The largest absolute Gasteiger partial charge is 0.464 e. The summed E-state index contributed by atoms with van der Waals surface area (Å²) >= 11 is 0. The van der Waals surface area contributed by atoms with E-state index in [4.69, 9.17) is 8.83 Å². The lowest BCUT2D eigenvalue weighted by Crippen LogP contribution is -2.20. The van der Waals surface area contributed by atoms with Gasteiger partial charge in [0.25, 0.3) is 0 Å². The molecule has 0 aliphatic rings. The molecule has 0 fully saturated rings. The Bertz CT molecular complexity index is 1520. The first-order chi connectivity index (χ1) is 14.4. The third-order valence-electron chi connectivity index (χ3n) is 5.74. The second-order valence-electron chi connectivity index (χ2n) is 7.64. The minimum Gasteiger partial charge on any atom is -0.464 e. The van der Waals surface area contributed by atoms with Crippen molar-refractivity contribution < 1.29 is 13.6 Å². The summed E-state index contributed by atoms with van der Waals surface area (Å²) < 4.78 is 11.3. The first kappa shape index (κ1) is 18.2. The SMILES string of the molecule is Cc1coc2c(C)c3oc(=O)c(CC(=O)Nc4cccc5[nH]ccc45)c(C)c3cc12. The van der Waals surface area contributed by atoms with Gasteiger partial charge in [-0.1, -0.05) is 6.07 Å². The van der Waals surface area contributed by atoms with Crippen molar-refractivity contribution in [2.75, 3.05) is 5.32 Å². The molecular formula is C24H20N2O4. The Morgan fingerprint density at radius 2 is 1.87 bits per heavy atom. The monoisotopic (exact) mass is 400 g/mol. The number of carbonyl (C=O) groups excluding carboxylic acids is 1. The van der Waals surface area contributed by atoms with Crippen molar-refractivity contribution in [2.45, 2.75) is 27.2 Å². The highest BCUT2D eigenvalue weighted by Gasteiger charge is 2.19. The van der Waals surface area contributed by atoms with Gasteiger partial charge < -0.3 is 19.1 Å². The zero-order valence-corrected chi connectivity index (χ0v) is 16.9. The van der Waals surface area contributed by atoms with Crippen LogP contribution in [0.15, 0.2) is 56.4 Å². The summed E-state index contributed by atoms with van der Waals surface area (Å²) in [4.78, 5) is 28.6. The third kappa shape index (κ3) is 2.72. The van der Waals surface area contributed by atoms with Crippen molar-refractivity contribution >= 4 is 44.4 Å². The number of H-pyrrole nitrogens is 1. The van der Waals surface area contributed by atoms with Crippen molar-refractivity contribution in [3.05, 3.63) is 75.5 Å². The Balaban J connectivity index is 1.56. The molecule has 0 saturated carbocycles. The predicted molar refractivity (Wildman–Crippen MR) is 117 cm³/mol. The molecule has 0 spiro atoms. The first-order valence-corrected chi connectivity index (χ1v) is 9.73. The summed E-state index contributed by atoms with van der Waals surface area (Å²) in [7, 11) is 0. The van der Waals surface area contributed by atoms with E-state index in [2.05, 4.69) is 10.3 Å². The second kappa shape index (κ2) is 6.62. The second-order valence-corrected chi connectivity index (χ2v) is 7.64. The summed E-state index contributed by atoms with van der Waals surface area (Å²) in [5, 5.41) is 5.63. The number of carbonyl (C=O) groups is 1. The zero-order chi connectivity index (χ0) is 21.0. The highest BCUT2D eigenvalue weighted by atomic mass is 16.4. The lowest BCUT2D eigenvalue weighted by molar-refractivity contribution is -0.115. The minimum atomic E-state index is -0.499. The van der Waals surface area contributed by atoms with Gasteiger partial charge in [0.05, 0.1) is 23.9 Å². The highest BCUT2D eigenvalue weighted by molar-refractivity contribution is 6.03. The summed E-state index contributed by atoms with van der Waals surface area (Å²) in [6.07, 6.45) is 3.45. The van der Waals surface area contributed by atoms with Crippen molar-refractivity contribution in [1.29, 1.82) is 0 Å². The molecule has 2 N–H and O–H groups in total. The molecule has 0 radical (unpaired) electrons. The molecule has 1 amide bonds. The number of rotatable bonds is 3. The smallest absolute Gasteiger partial charge is 0.340 e. The van der Waals surface area contributed by atoms with Crippen LogP contribution < -0.4 is 10.9 Å². The fourth-order valence-corrected chi connectivity index (χ4v) is 4.07. The number of aromatic amines is 1. The first-order valence-electron chi connectivity index (χ1n) is 9.73. The van der Waals surface area contributed by atoms with Crippen LogP contribution in [-0.4, -0.2) is 10.9 Å². The average Bonchev–Trinajstić information content (AvgIpc) is 3.34. The molecule has 3 heterocycles. The molecular weight excluding hydrogens is 380 g/mol. The van der Waals surface area contributed by atoms with Crippen LogP contribution >= 0.6 is 0 Å². The van der Waals surface area contributed by atoms with Crippen LogP contribution in [-0.2, 0) is 11.2 Å². The highest BCUT2D eigenvalue weighted by Crippen LogP contribution is 2.32. The molecule has 3 aromatic heterocycles. The van der Waals surface area contributed by atoms with Crippen LogP contribution in [0, 0.1) is 20.8 Å². The third-order valence-corrected chi connectivity index (χ3v) is 5.74. The Labute approximate surface area is 171 Å². The number of aryl methyl sites for hydroxylation is 3. The van der Waals surface area contributed by atoms with E-state index < -0.39 is 5.63 Å². The molecule has 6 heteroatoms. The Hall–Kier alpha value is -3.80. The van der Waals surface area contributed by atoms with Crippen LogP contribution in [0.5, 0.6) is 0 Å². The molecule has 0 saturated heterocycles. The molecule has 5 rings (SSSR count). The molecule has 5 aromatic rings. The lowest BCUT2D eigenvalue weighted by Gasteiger charge is -2.11. The van der Waals surface area contributed by atoms with Gasteiger partial charge in [-0.15, -0.1) is 0 Å². The molecule has 2 aromatic carbocycles. The lowest BCUT2D eigenvalue weighted by atomic mass is 9.99. The van der Waals surface area contributed by atoms with Gasteiger partial charge in [-0.05, 0) is 56.2 Å². The van der Waals surface area contributed by atoms with Crippen LogP contribution in [0.25, 0.3) is 32.8 Å². The number of fused-ring (bicyclic) bond motifs is 3. The number of hydrogen-bond acceptors (Lipinski definition) is 4. The molecule has 0 bridgehead atoms. The minimum absolute atomic E-state index is 0.0631. The van der Waals surface area contributed by atoms with Crippen molar-refractivity contribution in [1.82, 2.24) is 4.98 Å². The van der Waals surface area contributed by atoms with Crippen molar-refractivity contribution in [3.8, 4) is 0 Å². The van der Waals surface area contributed by atoms with Crippen molar-refractivity contribution in [2.24, 2.45) is 0 Å². The summed E-state index contributed by atoms with van der Waals surface area (Å²) in [5.74, 6) is -0.268. The molecule has 30 heavy (non-hydrogen) atoms. The molecule has 150 valence electrons. The molecule has 6 nitrogen and oxygen atoms in total. The van der Waals surface area contributed by atoms with Gasteiger partial charge in [-0.3, -0.25) is 4.79 Å². The van der Waals surface area contributed by atoms with Gasteiger partial charge in [0, 0.05) is 33.4 Å². The number of anilines is 1. The van der Waals surface area contributed by atoms with E-state index in [0.717, 1.165) is 38.4 Å². The summed E-state index contributed by atoms with van der Waals surface area (Å²) in [6, 6.07) is 9.52. The van der Waals surface area contributed by atoms with Crippen LogP contribution in [0.1, 0.15) is 22.3 Å². The molecule has 0 atom stereocenters. The van der Waals surface area contributed by atoms with Gasteiger partial charge in [-0.25, -0.2) is 4.79 Å². The Morgan fingerprint density at radius 3 is 2.70 bits per heavy atom. The maximum absolute atomic E-state index is 12.8. The zero-order valence-electron chi connectivity index (χ0n) is 16.9. The van der Waals surface area contributed by atoms with Gasteiger partial charge >= 0.3 is 5.63 Å². The number of hydrogen-bond donors (Lipinski definition) is 2. The summed E-state index contributed by atoms with van der Waals surface area (Å²) in [6.45, 7) is 5.71. The van der Waals surface area contributed by atoms with Crippen LogP contribution in [0.4, 0.5) is 5.69 Å². The van der Waals surface area contributed by atoms with E-state index in [1.165, 1.54) is 0 Å². The fraction of sp³-hybridized carbons (Fsp3) is 0.167. The fourth-order valence-electron chi connectivity index (χ4n) is 4.07. The van der Waals surface area contributed by atoms with E-state index in [1.54, 1.807) is 6.26 Å². The number of aromatic nitrogens is 1. The standard InChI is InChI=1S/C24H20N2O4/c1-12-11-29-22-14(3)23-17(9-16(12)22)13(2)18(24(28)30-23)10-21(27)26-20-6-4-5-19-15(20)7-8-25-19/h4-9,11,25H,10H2,1-3H3,(H,26,27). The maximum atomic E-state index is 12.8. The molecule has 0 aliphatic carbocycles. The van der Waals surface area contributed by atoms with Crippen LogP contribution in [0.3, 0.4) is 0 Å². The topological polar surface area (TPSA) is 88.2 Å². The number of nitrogens with one attached hydrogen (secondary N) is 2. The van der Waals surface area contributed by atoms with E-state index in [1.807, 2.05) is 57.3 Å². The number of benzene rings is 2. The summed E-state index contributed by atoms with van der Waals surface area (Å²) in [5.41, 5.74) is 5.26. The van der Waals surface area contributed by atoms with Crippen molar-refractivity contribution in [3.63, 3.8) is 0 Å². The van der Waals surface area contributed by atoms with Gasteiger partial charge in [0.1, 0.15) is 11.2 Å². The number of furan rings is 1. The van der Waals surface area contributed by atoms with E-state index in [-0.39, 0.29) is 12.3 Å². The van der Waals surface area contributed by atoms with E-state index in [9.17, 15) is 9.59 Å². The predicted octanol–water partition coefficient (Wildman–Crippen LogP) is 5.13. The molecule has 0 unspecified atom stereocenters. The van der Waals surface area contributed by atoms with Gasteiger partial charge in [0.2, 0.25) is 5.91 Å². The Kier molecular flexibility index (Phi) is 4.03. The number of amides is 1. The van der Waals surface area contributed by atoms with E-state index in [0.29, 0.717) is 22.4 Å². The quantitative estimate of drug-likeness (QED) is 0.411. The Morgan fingerprint density at radius 1 is 1.03 bits per heavy atom. The van der Waals surface area contributed by atoms with Gasteiger partial charge in [0.15, 0.2) is 0 Å². The normalized spacial score (nSPS) is 11.6. The maximum Gasteiger partial charge on any atom is 0.340 e. The average molecular weight is 400 g/mol. The molecule has 0 aliphatic heterocycles. The van der Waals surface area contributed by atoms with E-state index >= 15 is 0 Å².